The number of amides is 2. The molecule has 6 nitrogen and oxygen atoms in total. The molecule has 0 saturated carbocycles. The molecule has 0 unspecified atom stereocenters. The molecule has 0 spiro atoms. The van der Waals surface area contributed by atoms with Crippen LogP contribution in [0.5, 0.6) is 0 Å². The Kier molecular flexibility index (Phi) is 4.63. The van der Waals surface area contributed by atoms with Crippen LogP contribution in [0.3, 0.4) is 0 Å². The van der Waals surface area contributed by atoms with E-state index in [0.29, 0.717) is 11.1 Å². The van der Waals surface area contributed by atoms with Gasteiger partial charge in [0.25, 0.3) is 5.91 Å². The lowest BCUT2D eigenvalue weighted by molar-refractivity contribution is -0.119. The lowest BCUT2D eigenvalue weighted by Gasteiger charge is -2.12. The van der Waals surface area contributed by atoms with Crippen LogP contribution in [0.4, 0.5) is 0 Å². The van der Waals surface area contributed by atoms with Gasteiger partial charge in [0.05, 0.1) is 17.7 Å². The molecule has 0 aliphatic rings. The summed E-state index contributed by atoms with van der Waals surface area (Å²) in [6.45, 7) is 3.08. The molecule has 1 rings (SSSR count). The summed E-state index contributed by atoms with van der Waals surface area (Å²) in [6, 6.07) is 3.32. The lowest BCUT2D eigenvalue weighted by atomic mass is 9.96. The highest BCUT2D eigenvalue weighted by Gasteiger charge is 2.21. The van der Waals surface area contributed by atoms with Crippen molar-refractivity contribution in [1.82, 2.24) is 10.6 Å². The first-order chi connectivity index (χ1) is 8.88. The van der Waals surface area contributed by atoms with Gasteiger partial charge in [-0.05, 0) is 25.0 Å². The molecule has 102 valence electrons. The zero-order chi connectivity index (χ0) is 14.6. The standard InChI is InChI=1S/C13H16N2O4/c1-7-4-5-8(2)11(13(18)19)10(7)12(17)15-6-9(16)14-3/h4-5H,6H2,1-3H3,(H,14,16)(H,15,17)(H,18,19). The Morgan fingerprint density at radius 3 is 2.11 bits per heavy atom. The summed E-state index contributed by atoms with van der Waals surface area (Å²) in [6.07, 6.45) is 0. The quantitative estimate of drug-likeness (QED) is 0.737. The summed E-state index contributed by atoms with van der Waals surface area (Å²) in [7, 11) is 1.45. The van der Waals surface area contributed by atoms with E-state index in [2.05, 4.69) is 10.6 Å². The minimum atomic E-state index is -1.16. The third kappa shape index (κ3) is 3.31. The predicted molar refractivity (Wildman–Crippen MR) is 69.3 cm³/mol. The third-order valence-corrected chi connectivity index (χ3v) is 2.75. The number of aromatic carboxylic acids is 1. The van der Waals surface area contributed by atoms with Gasteiger partial charge < -0.3 is 15.7 Å². The summed E-state index contributed by atoms with van der Waals surface area (Å²) in [4.78, 5) is 34.3. The number of carboxylic acids is 1. The number of hydrogen-bond acceptors (Lipinski definition) is 3. The number of likely N-dealkylation sites (N-methyl/N-ethyl adjacent to an activating group) is 1. The maximum absolute atomic E-state index is 12.0. The average molecular weight is 264 g/mol. The Balaban J connectivity index is 3.11. The number of carboxylic acid groups (broad SMARTS) is 1. The van der Waals surface area contributed by atoms with Gasteiger partial charge in [-0.3, -0.25) is 9.59 Å². The van der Waals surface area contributed by atoms with Crippen molar-refractivity contribution in [3.63, 3.8) is 0 Å². The van der Waals surface area contributed by atoms with Crippen LogP contribution in [0.15, 0.2) is 12.1 Å². The SMILES string of the molecule is CNC(=O)CNC(=O)c1c(C)ccc(C)c1C(=O)O. The van der Waals surface area contributed by atoms with Gasteiger partial charge in [-0.2, -0.15) is 0 Å². The molecule has 2 amide bonds. The zero-order valence-electron chi connectivity index (χ0n) is 11.0. The second-order valence-electron chi connectivity index (χ2n) is 4.11. The van der Waals surface area contributed by atoms with Crippen molar-refractivity contribution in [2.24, 2.45) is 0 Å². The topological polar surface area (TPSA) is 95.5 Å². The number of rotatable bonds is 4. The average Bonchev–Trinajstić information content (AvgIpc) is 2.37. The summed E-state index contributed by atoms with van der Waals surface area (Å²) in [5.41, 5.74) is 1.12. The second-order valence-corrected chi connectivity index (χ2v) is 4.11. The van der Waals surface area contributed by atoms with Crippen LogP contribution < -0.4 is 10.6 Å². The van der Waals surface area contributed by atoms with Crippen molar-refractivity contribution in [1.29, 1.82) is 0 Å². The first-order valence-electron chi connectivity index (χ1n) is 5.70. The van der Waals surface area contributed by atoms with Crippen LogP contribution in [0.2, 0.25) is 0 Å². The van der Waals surface area contributed by atoms with E-state index in [9.17, 15) is 19.5 Å². The van der Waals surface area contributed by atoms with E-state index in [1.807, 2.05) is 0 Å². The molecule has 0 aliphatic carbocycles. The van der Waals surface area contributed by atoms with Crippen molar-refractivity contribution >= 4 is 17.8 Å². The number of nitrogens with one attached hydrogen (secondary N) is 2. The van der Waals surface area contributed by atoms with E-state index in [1.54, 1.807) is 26.0 Å². The molecule has 0 bridgehead atoms. The van der Waals surface area contributed by atoms with Crippen LogP contribution in [-0.2, 0) is 4.79 Å². The highest BCUT2D eigenvalue weighted by atomic mass is 16.4. The summed E-state index contributed by atoms with van der Waals surface area (Å²) >= 11 is 0. The molecule has 0 fully saturated rings. The molecule has 1 aromatic carbocycles. The van der Waals surface area contributed by atoms with E-state index in [-0.39, 0.29) is 23.6 Å². The summed E-state index contributed by atoms with van der Waals surface area (Å²) in [5.74, 6) is -2.08. The predicted octanol–water partition coefficient (Wildman–Crippen LogP) is 0.477. The van der Waals surface area contributed by atoms with E-state index in [1.165, 1.54) is 7.05 Å². The van der Waals surface area contributed by atoms with Crippen molar-refractivity contribution in [2.75, 3.05) is 13.6 Å². The number of carbonyl (C=O) groups excluding carboxylic acids is 2. The van der Waals surface area contributed by atoms with Crippen molar-refractivity contribution in [2.45, 2.75) is 13.8 Å². The first-order valence-corrected chi connectivity index (χ1v) is 5.70. The van der Waals surface area contributed by atoms with Crippen molar-refractivity contribution < 1.29 is 19.5 Å². The van der Waals surface area contributed by atoms with Crippen LogP contribution in [0.1, 0.15) is 31.8 Å². The highest BCUT2D eigenvalue weighted by Crippen LogP contribution is 2.18. The number of benzene rings is 1. The maximum atomic E-state index is 12.0. The third-order valence-electron chi connectivity index (χ3n) is 2.75. The van der Waals surface area contributed by atoms with Crippen molar-refractivity contribution in [3.05, 3.63) is 34.4 Å². The Morgan fingerprint density at radius 2 is 1.63 bits per heavy atom. The number of hydrogen-bond donors (Lipinski definition) is 3. The molecule has 0 radical (unpaired) electrons. The minimum Gasteiger partial charge on any atom is -0.478 e. The molecular weight excluding hydrogens is 248 g/mol. The zero-order valence-corrected chi connectivity index (χ0v) is 11.0. The highest BCUT2D eigenvalue weighted by molar-refractivity contribution is 6.07. The Hall–Kier alpha value is -2.37. The van der Waals surface area contributed by atoms with Gasteiger partial charge in [0.15, 0.2) is 0 Å². The summed E-state index contributed by atoms with van der Waals surface area (Å²) in [5, 5.41) is 13.9. The molecule has 0 aromatic heterocycles. The molecule has 0 saturated heterocycles. The van der Waals surface area contributed by atoms with E-state index in [4.69, 9.17) is 0 Å². The van der Waals surface area contributed by atoms with Crippen LogP contribution in [-0.4, -0.2) is 36.5 Å². The molecule has 19 heavy (non-hydrogen) atoms. The van der Waals surface area contributed by atoms with E-state index >= 15 is 0 Å². The Labute approximate surface area is 110 Å². The van der Waals surface area contributed by atoms with Gasteiger partial charge in [-0.1, -0.05) is 12.1 Å². The van der Waals surface area contributed by atoms with E-state index in [0.717, 1.165) is 0 Å². The van der Waals surface area contributed by atoms with Crippen molar-refractivity contribution in [3.8, 4) is 0 Å². The van der Waals surface area contributed by atoms with Gasteiger partial charge in [0, 0.05) is 7.05 Å². The Bertz CT molecular complexity index is 538. The molecular formula is C13H16N2O4. The summed E-state index contributed by atoms with van der Waals surface area (Å²) < 4.78 is 0. The van der Waals surface area contributed by atoms with E-state index < -0.39 is 11.9 Å². The normalized spacial score (nSPS) is 9.84. The fraction of sp³-hybridized carbons (Fsp3) is 0.308. The molecule has 0 atom stereocenters. The van der Waals surface area contributed by atoms with Gasteiger partial charge in [-0.25, -0.2) is 4.79 Å². The van der Waals surface area contributed by atoms with Gasteiger partial charge in [0.2, 0.25) is 5.91 Å². The monoisotopic (exact) mass is 264 g/mol. The number of carbonyl (C=O) groups is 3. The van der Waals surface area contributed by atoms with Crippen LogP contribution >= 0.6 is 0 Å². The first kappa shape index (κ1) is 14.7. The van der Waals surface area contributed by atoms with Gasteiger partial charge in [-0.15, -0.1) is 0 Å². The molecule has 0 aliphatic heterocycles. The fourth-order valence-electron chi connectivity index (χ4n) is 1.72. The second kappa shape index (κ2) is 5.99. The minimum absolute atomic E-state index is 0.0330. The maximum Gasteiger partial charge on any atom is 0.336 e. The van der Waals surface area contributed by atoms with Crippen LogP contribution in [0, 0.1) is 13.8 Å². The lowest BCUT2D eigenvalue weighted by Crippen LogP contribution is -2.36. The fourth-order valence-corrected chi connectivity index (χ4v) is 1.72. The van der Waals surface area contributed by atoms with Gasteiger partial charge in [0.1, 0.15) is 0 Å². The molecule has 6 heteroatoms. The van der Waals surface area contributed by atoms with Gasteiger partial charge >= 0.3 is 5.97 Å². The molecule has 3 N–H and O–H groups in total. The largest absolute Gasteiger partial charge is 0.478 e. The van der Waals surface area contributed by atoms with Crippen LogP contribution in [0.25, 0.3) is 0 Å². The molecule has 1 aromatic rings. The number of aryl methyl sites for hydroxylation is 2. The smallest absolute Gasteiger partial charge is 0.336 e. The Morgan fingerprint density at radius 1 is 1.11 bits per heavy atom. The molecule has 0 heterocycles.